The molecule has 0 aliphatic carbocycles. The molecule has 37 heavy (non-hydrogen) atoms. The first-order valence-electron chi connectivity index (χ1n) is 12.6. The highest BCUT2D eigenvalue weighted by atomic mass is 15.0. The summed E-state index contributed by atoms with van der Waals surface area (Å²) in [5.41, 5.74) is 10.6. The Morgan fingerprint density at radius 2 is 1.05 bits per heavy atom. The first-order chi connectivity index (χ1) is 18.3. The van der Waals surface area contributed by atoms with E-state index in [4.69, 9.17) is 0 Å². The molecule has 0 unspecified atom stereocenters. The van der Waals surface area contributed by atoms with Crippen molar-refractivity contribution in [2.24, 2.45) is 0 Å². The minimum atomic E-state index is 0.990. The van der Waals surface area contributed by atoms with Gasteiger partial charge in [-0.2, -0.15) is 0 Å². The monoisotopic (exact) mass is 472 g/mol. The summed E-state index contributed by atoms with van der Waals surface area (Å²) in [6, 6.07) is 49.5. The van der Waals surface area contributed by atoms with Gasteiger partial charge >= 0.3 is 0 Å². The van der Waals surface area contributed by atoms with Crippen LogP contribution in [0.5, 0.6) is 0 Å². The Morgan fingerprint density at radius 1 is 0.405 bits per heavy atom. The second-order valence-corrected chi connectivity index (χ2v) is 9.29. The van der Waals surface area contributed by atoms with Crippen LogP contribution in [0.2, 0.25) is 0 Å². The lowest BCUT2D eigenvalue weighted by Gasteiger charge is -2.09. The van der Waals surface area contributed by atoms with Crippen LogP contribution in [-0.2, 0) is 0 Å². The lowest BCUT2D eigenvalue weighted by molar-refractivity contribution is 1.18. The highest BCUT2D eigenvalue weighted by molar-refractivity contribution is 6.10. The zero-order chi connectivity index (χ0) is 24.6. The molecule has 0 N–H and O–H groups in total. The number of hydrogen-bond acceptors (Lipinski definition) is 1. The van der Waals surface area contributed by atoms with Crippen LogP contribution < -0.4 is 0 Å². The molecule has 0 saturated heterocycles. The molecule has 2 heterocycles. The van der Waals surface area contributed by atoms with E-state index in [0.717, 1.165) is 11.3 Å². The fraction of sp³-hybridized carbons (Fsp3) is 0. The summed E-state index contributed by atoms with van der Waals surface area (Å²) in [7, 11) is 0. The highest BCUT2D eigenvalue weighted by Crippen LogP contribution is 2.35. The smallest absolute Gasteiger partial charge is 0.0702 e. The molecule has 5 aromatic carbocycles. The van der Waals surface area contributed by atoms with Crippen LogP contribution in [0, 0.1) is 0 Å². The van der Waals surface area contributed by atoms with E-state index in [2.05, 4.69) is 131 Å². The van der Waals surface area contributed by atoms with Gasteiger partial charge in [0, 0.05) is 28.2 Å². The van der Waals surface area contributed by atoms with Gasteiger partial charge in [-0.15, -0.1) is 0 Å². The van der Waals surface area contributed by atoms with Gasteiger partial charge in [-0.25, -0.2) is 0 Å². The summed E-state index contributed by atoms with van der Waals surface area (Å²) < 4.78 is 2.35. The van der Waals surface area contributed by atoms with Crippen molar-refractivity contribution in [3.8, 4) is 39.2 Å². The minimum Gasteiger partial charge on any atom is -0.309 e. The zero-order valence-electron chi connectivity index (χ0n) is 20.3. The molecule has 174 valence electrons. The Kier molecular flexibility index (Phi) is 5.15. The van der Waals surface area contributed by atoms with Crippen LogP contribution in [0.15, 0.2) is 146 Å². The van der Waals surface area contributed by atoms with E-state index < -0.39 is 0 Å². The Labute approximate surface area is 216 Å². The normalized spacial score (nSPS) is 11.2. The second kappa shape index (κ2) is 8.92. The third-order valence-corrected chi connectivity index (χ3v) is 7.06. The van der Waals surface area contributed by atoms with Gasteiger partial charge in [-0.05, 0) is 70.8 Å². The Morgan fingerprint density at radius 3 is 1.84 bits per heavy atom. The van der Waals surface area contributed by atoms with Gasteiger partial charge in [-0.1, -0.05) is 91.0 Å². The van der Waals surface area contributed by atoms with Crippen molar-refractivity contribution in [3.05, 3.63) is 146 Å². The molecule has 0 aliphatic rings. The molecule has 2 heteroatoms. The summed E-state index contributed by atoms with van der Waals surface area (Å²) in [5.74, 6) is 0. The van der Waals surface area contributed by atoms with E-state index in [1.54, 1.807) is 0 Å². The fourth-order valence-electron chi connectivity index (χ4n) is 5.25. The van der Waals surface area contributed by atoms with Crippen LogP contribution in [0.4, 0.5) is 0 Å². The maximum atomic E-state index is 4.50. The van der Waals surface area contributed by atoms with Gasteiger partial charge in [0.15, 0.2) is 0 Å². The van der Waals surface area contributed by atoms with Gasteiger partial charge in [-0.3, -0.25) is 4.98 Å². The number of nitrogens with zero attached hydrogens (tertiary/aromatic N) is 2. The van der Waals surface area contributed by atoms with E-state index in [0.29, 0.717) is 0 Å². The van der Waals surface area contributed by atoms with Crippen molar-refractivity contribution in [1.29, 1.82) is 0 Å². The molecule has 0 aliphatic heterocycles. The van der Waals surface area contributed by atoms with Crippen molar-refractivity contribution in [1.82, 2.24) is 9.55 Å². The van der Waals surface area contributed by atoms with Crippen molar-refractivity contribution in [3.63, 3.8) is 0 Å². The molecule has 0 spiro atoms. The number of fused-ring (bicyclic) bond motifs is 3. The number of pyridine rings is 1. The molecule has 2 aromatic heterocycles. The van der Waals surface area contributed by atoms with Crippen LogP contribution >= 0.6 is 0 Å². The molecule has 7 rings (SSSR count). The predicted molar refractivity (Wildman–Crippen MR) is 155 cm³/mol. The van der Waals surface area contributed by atoms with Crippen LogP contribution in [0.1, 0.15) is 0 Å². The van der Waals surface area contributed by atoms with Gasteiger partial charge in [0.1, 0.15) is 0 Å². The first-order valence-corrected chi connectivity index (χ1v) is 12.6. The average Bonchev–Trinajstić information content (AvgIpc) is 3.32. The lowest BCUT2D eigenvalue weighted by Crippen LogP contribution is -1.92. The van der Waals surface area contributed by atoms with Crippen molar-refractivity contribution in [2.75, 3.05) is 0 Å². The summed E-state index contributed by atoms with van der Waals surface area (Å²) in [4.78, 5) is 4.50. The minimum absolute atomic E-state index is 0.990. The zero-order valence-corrected chi connectivity index (χ0v) is 20.3. The second-order valence-electron chi connectivity index (χ2n) is 9.29. The number of benzene rings is 5. The molecule has 0 radical (unpaired) electrons. The molecule has 0 amide bonds. The van der Waals surface area contributed by atoms with E-state index in [1.807, 2.05) is 24.4 Å². The number of aromatic nitrogens is 2. The molecular weight excluding hydrogens is 448 g/mol. The third-order valence-electron chi connectivity index (χ3n) is 7.06. The Balaban J connectivity index is 1.28. The summed E-state index contributed by atoms with van der Waals surface area (Å²) in [5, 5.41) is 2.54. The van der Waals surface area contributed by atoms with E-state index >= 15 is 0 Å². The summed E-state index contributed by atoms with van der Waals surface area (Å²) in [6.45, 7) is 0. The summed E-state index contributed by atoms with van der Waals surface area (Å²) >= 11 is 0. The number of hydrogen-bond donors (Lipinski definition) is 0. The number of para-hydroxylation sites is 2. The average molecular weight is 473 g/mol. The molecule has 0 fully saturated rings. The van der Waals surface area contributed by atoms with E-state index in [9.17, 15) is 0 Å². The topological polar surface area (TPSA) is 17.8 Å². The Hall–Kier alpha value is -4.95. The SMILES string of the molecule is c1ccc(-n2c3ccccc3c3cc(-c4ccc(-c5cccc(-c6ccccn6)c5)cc4)ccc32)cc1. The molecule has 0 bridgehead atoms. The standard InChI is InChI=1S/C35H24N2/c1-2-11-30(12-3-1)37-34-15-5-4-13-31(34)32-24-28(20-21-35(32)37)26-18-16-25(17-19-26)27-9-8-10-29(23-27)33-14-6-7-22-36-33/h1-24H. The van der Waals surface area contributed by atoms with Crippen LogP contribution in [-0.4, -0.2) is 9.55 Å². The van der Waals surface area contributed by atoms with Crippen LogP contribution in [0.3, 0.4) is 0 Å². The van der Waals surface area contributed by atoms with E-state index in [1.165, 1.54) is 49.7 Å². The maximum Gasteiger partial charge on any atom is 0.0702 e. The number of rotatable bonds is 4. The Bertz CT molecular complexity index is 1850. The third kappa shape index (κ3) is 3.80. The fourth-order valence-corrected chi connectivity index (χ4v) is 5.25. The molecule has 7 aromatic rings. The van der Waals surface area contributed by atoms with Gasteiger partial charge < -0.3 is 4.57 Å². The molecule has 2 nitrogen and oxygen atoms in total. The first kappa shape index (κ1) is 21.3. The van der Waals surface area contributed by atoms with Gasteiger partial charge in [0.05, 0.1) is 16.7 Å². The van der Waals surface area contributed by atoms with Crippen molar-refractivity contribution < 1.29 is 0 Å². The maximum absolute atomic E-state index is 4.50. The van der Waals surface area contributed by atoms with Crippen molar-refractivity contribution in [2.45, 2.75) is 0 Å². The highest BCUT2D eigenvalue weighted by Gasteiger charge is 2.13. The van der Waals surface area contributed by atoms with Crippen LogP contribution in [0.25, 0.3) is 61.0 Å². The molecular formula is C35H24N2. The quantitative estimate of drug-likeness (QED) is 0.250. The molecule has 0 atom stereocenters. The van der Waals surface area contributed by atoms with Crippen molar-refractivity contribution >= 4 is 21.8 Å². The largest absolute Gasteiger partial charge is 0.309 e. The predicted octanol–water partition coefficient (Wildman–Crippen LogP) is 9.18. The van der Waals surface area contributed by atoms with Gasteiger partial charge in [0.25, 0.3) is 0 Å². The summed E-state index contributed by atoms with van der Waals surface area (Å²) in [6.07, 6.45) is 1.84. The van der Waals surface area contributed by atoms with Gasteiger partial charge in [0.2, 0.25) is 0 Å². The molecule has 0 saturated carbocycles. The van der Waals surface area contributed by atoms with E-state index in [-0.39, 0.29) is 0 Å². The lowest BCUT2D eigenvalue weighted by atomic mass is 9.97.